The number of ether oxygens (including phenoxy) is 1. The molecular formula is C50H89NO5. The molecule has 0 aliphatic heterocycles. The van der Waals surface area contributed by atoms with E-state index in [1.165, 1.54) is 96.3 Å². The monoisotopic (exact) mass is 784 g/mol. The molecule has 0 radical (unpaired) electrons. The molecule has 0 aromatic carbocycles. The molecule has 2 unspecified atom stereocenters. The van der Waals surface area contributed by atoms with E-state index in [2.05, 4.69) is 67.8 Å². The first kappa shape index (κ1) is 53.6. The van der Waals surface area contributed by atoms with E-state index in [1.54, 1.807) is 6.08 Å². The van der Waals surface area contributed by atoms with Crippen molar-refractivity contribution < 1.29 is 24.5 Å². The minimum absolute atomic E-state index is 0.0336. The Balaban J connectivity index is 3.54. The highest BCUT2D eigenvalue weighted by Gasteiger charge is 2.18. The third kappa shape index (κ3) is 41.2. The molecule has 6 nitrogen and oxygen atoms in total. The highest BCUT2D eigenvalue weighted by Crippen LogP contribution is 2.13. The number of aliphatic hydroxyl groups is 2. The van der Waals surface area contributed by atoms with Crippen LogP contribution in [0.1, 0.15) is 219 Å². The van der Waals surface area contributed by atoms with E-state index in [1.807, 2.05) is 6.08 Å². The van der Waals surface area contributed by atoms with Crippen molar-refractivity contribution in [2.45, 2.75) is 231 Å². The van der Waals surface area contributed by atoms with E-state index in [0.29, 0.717) is 19.4 Å². The van der Waals surface area contributed by atoms with Gasteiger partial charge in [-0.25, -0.2) is 0 Å². The quantitative estimate of drug-likeness (QED) is 0.0325. The molecule has 0 saturated carbocycles. The Morgan fingerprint density at radius 1 is 0.500 bits per heavy atom. The van der Waals surface area contributed by atoms with Gasteiger partial charge in [0, 0.05) is 12.8 Å². The molecule has 0 aliphatic carbocycles. The maximum Gasteiger partial charge on any atom is 0.305 e. The van der Waals surface area contributed by atoms with Gasteiger partial charge in [0.1, 0.15) is 0 Å². The molecule has 2 atom stereocenters. The summed E-state index contributed by atoms with van der Waals surface area (Å²) in [5, 5.41) is 22.8. The van der Waals surface area contributed by atoms with E-state index in [-0.39, 0.29) is 18.5 Å². The molecule has 0 bridgehead atoms. The number of esters is 1. The highest BCUT2D eigenvalue weighted by atomic mass is 16.5. The van der Waals surface area contributed by atoms with Crippen molar-refractivity contribution in [3.63, 3.8) is 0 Å². The second-order valence-corrected chi connectivity index (χ2v) is 15.7. The Hall–Kier alpha value is -2.44. The van der Waals surface area contributed by atoms with Crippen LogP contribution in [-0.4, -0.2) is 47.4 Å². The van der Waals surface area contributed by atoms with Crippen molar-refractivity contribution in [3.05, 3.63) is 60.8 Å². The van der Waals surface area contributed by atoms with Crippen LogP contribution in [0.3, 0.4) is 0 Å². The zero-order valence-corrected chi connectivity index (χ0v) is 36.6. The standard InChI is InChI=1S/C50H89NO5/c1-3-5-7-9-11-13-14-20-24-28-32-36-40-44-50(55)56-45-41-37-33-29-25-22-19-17-15-16-18-21-23-27-31-35-39-43-49(54)51-47(46-52)48(53)42-38-34-30-26-12-10-8-6-4-2/h7,9,13-15,17,22,25,38,42,47-48,52-53H,3-6,8,10-12,16,18-21,23-24,26-37,39-41,43-46H2,1-2H3,(H,51,54)/b9-7-,14-13-,17-15-,25-22-,42-38+. The molecule has 0 heterocycles. The van der Waals surface area contributed by atoms with Crippen molar-refractivity contribution >= 4 is 11.9 Å². The van der Waals surface area contributed by atoms with E-state index in [9.17, 15) is 19.8 Å². The highest BCUT2D eigenvalue weighted by molar-refractivity contribution is 5.76. The predicted octanol–water partition coefficient (Wildman–Crippen LogP) is 13.7. The van der Waals surface area contributed by atoms with Crippen molar-refractivity contribution in [2.75, 3.05) is 13.2 Å². The molecule has 56 heavy (non-hydrogen) atoms. The van der Waals surface area contributed by atoms with Crippen LogP contribution in [0.25, 0.3) is 0 Å². The summed E-state index contributed by atoms with van der Waals surface area (Å²) >= 11 is 0. The second kappa shape index (κ2) is 45.3. The summed E-state index contributed by atoms with van der Waals surface area (Å²) in [4.78, 5) is 24.3. The Morgan fingerprint density at radius 2 is 0.929 bits per heavy atom. The van der Waals surface area contributed by atoms with Gasteiger partial charge in [0.15, 0.2) is 0 Å². The van der Waals surface area contributed by atoms with Crippen molar-refractivity contribution in [1.29, 1.82) is 0 Å². The van der Waals surface area contributed by atoms with Crippen molar-refractivity contribution in [1.82, 2.24) is 5.32 Å². The Bertz CT molecular complexity index is 999. The van der Waals surface area contributed by atoms with Crippen LogP contribution in [0.4, 0.5) is 0 Å². The summed E-state index contributed by atoms with van der Waals surface area (Å²) in [6, 6.07) is -0.639. The number of hydrogen-bond acceptors (Lipinski definition) is 5. The first-order valence-electron chi connectivity index (χ1n) is 23.6. The molecule has 0 spiro atoms. The van der Waals surface area contributed by atoms with Gasteiger partial charge in [0.25, 0.3) is 0 Å². The molecule has 1 amide bonds. The Morgan fingerprint density at radius 3 is 1.43 bits per heavy atom. The third-order valence-electron chi connectivity index (χ3n) is 10.2. The lowest BCUT2D eigenvalue weighted by molar-refractivity contribution is -0.143. The SMILES string of the molecule is CCC/C=C\C/C=C\CCCCCCCC(=O)OCCCCC/C=C\C/C=C\CCCCCCCCCC(=O)NC(CO)C(O)/C=C/CCCCCCCCC. The largest absolute Gasteiger partial charge is 0.466 e. The Labute approximate surface area is 346 Å². The fourth-order valence-electron chi connectivity index (χ4n) is 6.58. The summed E-state index contributed by atoms with van der Waals surface area (Å²) in [5.74, 6) is -0.124. The fraction of sp³-hybridized carbons (Fsp3) is 0.760. The molecular weight excluding hydrogens is 695 g/mol. The zero-order chi connectivity index (χ0) is 40.8. The average Bonchev–Trinajstić information content (AvgIpc) is 3.20. The Kier molecular flexibility index (Phi) is 43.3. The number of amides is 1. The molecule has 0 fully saturated rings. The lowest BCUT2D eigenvalue weighted by Crippen LogP contribution is -2.45. The fourth-order valence-corrected chi connectivity index (χ4v) is 6.58. The summed E-state index contributed by atoms with van der Waals surface area (Å²) in [5.41, 5.74) is 0. The van der Waals surface area contributed by atoms with Gasteiger partial charge < -0.3 is 20.3 Å². The summed E-state index contributed by atoms with van der Waals surface area (Å²) in [7, 11) is 0. The van der Waals surface area contributed by atoms with E-state index < -0.39 is 12.1 Å². The first-order valence-corrected chi connectivity index (χ1v) is 23.6. The van der Waals surface area contributed by atoms with E-state index in [4.69, 9.17) is 4.74 Å². The maximum atomic E-state index is 12.3. The molecule has 324 valence electrons. The zero-order valence-electron chi connectivity index (χ0n) is 36.6. The number of rotatable bonds is 42. The summed E-state index contributed by atoms with van der Waals surface area (Å²) < 4.78 is 5.42. The number of carbonyl (C=O) groups is 2. The summed E-state index contributed by atoms with van der Waals surface area (Å²) in [6.07, 6.45) is 56.5. The van der Waals surface area contributed by atoms with Crippen LogP contribution >= 0.6 is 0 Å². The summed E-state index contributed by atoms with van der Waals surface area (Å²) in [6.45, 7) is 4.73. The second-order valence-electron chi connectivity index (χ2n) is 15.7. The maximum absolute atomic E-state index is 12.3. The van der Waals surface area contributed by atoms with Crippen LogP contribution in [-0.2, 0) is 14.3 Å². The number of hydrogen-bond donors (Lipinski definition) is 3. The van der Waals surface area contributed by atoms with Crippen LogP contribution in [0.2, 0.25) is 0 Å². The lowest BCUT2D eigenvalue weighted by Gasteiger charge is -2.20. The number of carbonyl (C=O) groups excluding carboxylic acids is 2. The molecule has 0 saturated heterocycles. The van der Waals surface area contributed by atoms with Gasteiger partial charge >= 0.3 is 5.97 Å². The minimum Gasteiger partial charge on any atom is -0.466 e. The smallest absolute Gasteiger partial charge is 0.305 e. The number of aliphatic hydroxyl groups excluding tert-OH is 2. The molecule has 3 N–H and O–H groups in total. The normalized spacial score (nSPS) is 13.3. The molecule has 0 rings (SSSR count). The van der Waals surface area contributed by atoms with Crippen molar-refractivity contribution in [3.8, 4) is 0 Å². The van der Waals surface area contributed by atoms with E-state index >= 15 is 0 Å². The van der Waals surface area contributed by atoms with Crippen LogP contribution in [0.15, 0.2) is 60.8 Å². The predicted molar refractivity (Wildman–Crippen MR) is 241 cm³/mol. The first-order chi connectivity index (χ1) is 27.5. The van der Waals surface area contributed by atoms with Gasteiger partial charge in [0.05, 0.1) is 25.4 Å². The van der Waals surface area contributed by atoms with Gasteiger partial charge in [-0.05, 0) is 96.3 Å². The molecule has 0 aromatic rings. The van der Waals surface area contributed by atoms with E-state index in [0.717, 1.165) is 96.3 Å². The topological polar surface area (TPSA) is 95.9 Å². The van der Waals surface area contributed by atoms with Gasteiger partial charge in [-0.3, -0.25) is 9.59 Å². The van der Waals surface area contributed by atoms with Crippen LogP contribution in [0.5, 0.6) is 0 Å². The van der Waals surface area contributed by atoms with Crippen LogP contribution in [0, 0.1) is 0 Å². The number of allylic oxidation sites excluding steroid dienone is 9. The van der Waals surface area contributed by atoms with Crippen molar-refractivity contribution in [2.24, 2.45) is 0 Å². The number of nitrogens with one attached hydrogen (secondary N) is 1. The lowest BCUT2D eigenvalue weighted by atomic mass is 10.1. The minimum atomic E-state index is -0.854. The molecule has 6 heteroatoms. The van der Waals surface area contributed by atoms with Gasteiger partial charge in [0.2, 0.25) is 5.91 Å². The number of unbranched alkanes of at least 4 members (excludes halogenated alkanes) is 23. The van der Waals surface area contributed by atoms with Gasteiger partial charge in [-0.1, -0.05) is 171 Å². The van der Waals surface area contributed by atoms with Gasteiger partial charge in [-0.15, -0.1) is 0 Å². The molecule has 0 aromatic heterocycles. The molecule has 0 aliphatic rings. The van der Waals surface area contributed by atoms with Gasteiger partial charge in [-0.2, -0.15) is 0 Å². The average molecular weight is 784 g/mol. The van der Waals surface area contributed by atoms with Crippen LogP contribution < -0.4 is 5.32 Å². The third-order valence-corrected chi connectivity index (χ3v) is 10.2.